The van der Waals surface area contributed by atoms with Crippen LogP contribution in [0.5, 0.6) is 0 Å². The van der Waals surface area contributed by atoms with Crippen molar-refractivity contribution in [2.24, 2.45) is 5.84 Å². The van der Waals surface area contributed by atoms with Crippen molar-refractivity contribution in [3.8, 4) is 0 Å². The van der Waals surface area contributed by atoms with Crippen molar-refractivity contribution in [3.63, 3.8) is 0 Å². The summed E-state index contributed by atoms with van der Waals surface area (Å²) in [5.41, 5.74) is 5.09. The largest absolute Gasteiger partial charge is 0.271 e. The Balaban J connectivity index is 2.26. The molecule has 2 nitrogen and oxygen atoms in total. The number of halogens is 2. The Morgan fingerprint density at radius 1 is 1.33 bits per heavy atom. The molecule has 2 aromatic rings. The lowest BCUT2D eigenvalue weighted by molar-refractivity contribution is 0.558. The van der Waals surface area contributed by atoms with Crippen LogP contribution < -0.4 is 11.3 Å². The summed E-state index contributed by atoms with van der Waals surface area (Å²) in [6, 6.07) is 7.80. The van der Waals surface area contributed by atoms with E-state index in [-0.39, 0.29) is 6.04 Å². The number of nitrogens with one attached hydrogen (secondary N) is 1. The molecule has 1 atom stereocenters. The van der Waals surface area contributed by atoms with Crippen LogP contribution in [0.2, 0.25) is 10.0 Å². The minimum atomic E-state index is 0.0565. The van der Waals surface area contributed by atoms with Crippen molar-refractivity contribution in [2.45, 2.75) is 19.4 Å². The van der Waals surface area contributed by atoms with Gasteiger partial charge in [0.05, 0.1) is 16.1 Å². The van der Waals surface area contributed by atoms with E-state index >= 15 is 0 Å². The maximum Gasteiger partial charge on any atom is 0.0625 e. The maximum atomic E-state index is 6.20. The summed E-state index contributed by atoms with van der Waals surface area (Å²) < 4.78 is 0. The number of benzene rings is 1. The highest BCUT2D eigenvalue weighted by atomic mass is 35.5. The molecule has 0 bridgehead atoms. The summed E-state index contributed by atoms with van der Waals surface area (Å²) in [7, 11) is 0. The van der Waals surface area contributed by atoms with Crippen LogP contribution in [0.3, 0.4) is 0 Å². The maximum absolute atomic E-state index is 6.20. The summed E-state index contributed by atoms with van der Waals surface area (Å²) >= 11 is 13.9. The van der Waals surface area contributed by atoms with Crippen LogP contribution >= 0.6 is 34.5 Å². The molecule has 0 fully saturated rings. The lowest BCUT2D eigenvalue weighted by Gasteiger charge is -2.16. The lowest BCUT2D eigenvalue weighted by Crippen LogP contribution is -2.29. The number of nitrogens with two attached hydrogens (primary N) is 1. The van der Waals surface area contributed by atoms with Gasteiger partial charge in [-0.2, -0.15) is 0 Å². The second-order valence-electron chi connectivity index (χ2n) is 4.10. The van der Waals surface area contributed by atoms with Crippen molar-refractivity contribution in [1.29, 1.82) is 0 Å². The number of hydrogen-bond acceptors (Lipinski definition) is 3. The Kier molecular flexibility index (Phi) is 4.65. The van der Waals surface area contributed by atoms with E-state index in [1.54, 1.807) is 17.4 Å². The van der Waals surface area contributed by atoms with Crippen LogP contribution in [0.15, 0.2) is 29.6 Å². The Labute approximate surface area is 121 Å². The average Bonchev–Trinajstić information content (AvgIpc) is 2.77. The predicted octanol–water partition coefficient (Wildman–Crippen LogP) is 4.11. The Hall–Kier alpha value is -0.580. The van der Waals surface area contributed by atoms with Crippen LogP contribution in [0.4, 0.5) is 0 Å². The molecule has 2 rings (SSSR count). The second kappa shape index (κ2) is 6.04. The van der Waals surface area contributed by atoms with Crippen molar-refractivity contribution in [2.75, 3.05) is 0 Å². The molecular formula is C13H14Cl2N2S. The van der Waals surface area contributed by atoms with Gasteiger partial charge in [0.1, 0.15) is 0 Å². The molecule has 3 N–H and O–H groups in total. The number of aryl methyl sites for hydroxylation is 1. The minimum absolute atomic E-state index is 0.0565. The molecule has 0 saturated carbocycles. The fraction of sp³-hybridized carbons (Fsp3) is 0.231. The third kappa shape index (κ3) is 2.87. The molecule has 1 aromatic heterocycles. The van der Waals surface area contributed by atoms with E-state index in [4.69, 9.17) is 29.0 Å². The zero-order chi connectivity index (χ0) is 13.1. The first-order valence-corrected chi connectivity index (χ1v) is 7.20. The summed E-state index contributed by atoms with van der Waals surface area (Å²) in [5.74, 6) is 5.65. The van der Waals surface area contributed by atoms with Gasteiger partial charge in [-0.3, -0.25) is 11.3 Å². The molecule has 1 unspecified atom stereocenters. The van der Waals surface area contributed by atoms with E-state index in [2.05, 4.69) is 23.8 Å². The average molecular weight is 301 g/mol. The highest BCUT2D eigenvalue weighted by Crippen LogP contribution is 2.31. The van der Waals surface area contributed by atoms with Gasteiger partial charge in [0, 0.05) is 4.88 Å². The molecule has 0 aliphatic rings. The number of hydrazine groups is 1. The zero-order valence-corrected chi connectivity index (χ0v) is 12.2. The van der Waals surface area contributed by atoms with Gasteiger partial charge in [-0.1, -0.05) is 35.3 Å². The standard InChI is InChI=1S/C13H14Cl2N2S/c1-8-5-6-18-13(8)11(17-16)7-9-3-2-4-10(14)12(9)15/h2-6,11,17H,7,16H2,1H3. The fourth-order valence-electron chi connectivity index (χ4n) is 1.89. The van der Waals surface area contributed by atoms with Crippen molar-refractivity contribution < 1.29 is 0 Å². The Morgan fingerprint density at radius 3 is 2.72 bits per heavy atom. The predicted molar refractivity (Wildman–Crippen MR) is 79.3 cm³/mol. The molecule has 5 heteroatoms. The van der Waals surface area contributed by atoms with Gasteiger partial charge in [0.15, 0.2) is 0 Å². The molecule has 0 saturated heterocycles. The molecule has 1 aromatic carbocycles. The first-order valence-electron chi connectivity index (χ1n) is 5.56. The normalized spacial score (nSPS) is 12.7. The summed E-state index contributed by atoms with van der Waals surface area (Å²) in [6.07, 6.45) is 0.719. The van der Waals surface area contributed by atoms with E-state index in [1.165, 1.54) is 10.4 Å². The Bertz CT molecular complexity index is 540. The van der Waals surface area contributed by atoms with Crippen LogP contribution in [0, 0.1) is 6.92 Å². The Morgan fingerprint density at radius 2 is 2.11 bits per heavy atom. The van der Waals surface area contributed by atoms with E-state index in [0.29, 0.717) is 10.0 Å². The van der Waals surface area contributed by atoms with Gasteiger partial charge in [-0.05, 0) is 42.0 Å². The highest BCUT2D eigenvalue weighted by Gasteiger charge is 2.16. The third-order valence-corrected chi connectivity index (χ3v) is 4.87. The van der Waals surface area contributed by atoms with Crippen LogP contribution in [-0.2, 0) is 6.42 Å². The molecule has 0 radical (unpaired) electrons. The number of thiophene rings is 1. The van der Waals surface area contributed by atoms with Gasteiger partial charge in [-0.25, -0.2) is 0 Å². The topological polar surface area (TPSA) is 38.0 Å². The fourth-order valence-corrected chi connectivity index (χ4v) is 3.28. The zero-order valence-electron chi connectivity index (χ0n) is 9.91. The first-order chi connectivity index (χ1) is 8.63. The first kappa shape index (κ1) is 13.8. The molecule has 0 spiro atoms. The van der Waals surface area contributed by atoms with Gasteiger partial charge in [-0.15, -0.1) is 11.3 Å². The molecule has 96 valence electrons. The van der Waals surface area contributed by atoms with Gasteiger partial charge in [0.25, 0.3) is 0 Å². The molecule has 18 heavy (non-hydrogen) atoms. The number of rotatable bonds is 4. The summed E-state index contributed by atoms with van der Waals surface area (Å²) in [5, 5.41) is 3.25. The van der Waals surface area contributed by atoms with Crippen LogP contribution in [-0.4, -0.2) is 0 Å². The van der Waals surface area contributed by atoms with Gasteiger partial charge < -0.3 is 0 Å². The van der Waals surface area contributed by atoms with Gasteiger partial charge >= 0.3 is 0 Å². The lowest BCUT2D eigenvalue weighted by atomic mass is 10.0. The van der Waals surface area contributed by atoms with Crippen molar-refractivity contribution in [1.82, 2.24) is 5.43 Å². The second-order valence-corrected chi connectivity index (χ2v) is 5.84. The van der Waals surface area contributed by atoms with E-state index in [0.717, 1.165) is 12.0 Å². The summed E-state index contributed by atoms with van der Waals surface area (Å²) in [4.78, 5) is 1.23. The number of hydrogen-bond donors (Lipinski definition) is 2. The molecular weight excluding hydrogens is 287 g/mol. The van der Waals surface area contributed by atoms with Crippen LogP contribution in [0.1, 0.15) is 22.0 Å². The SMILES string of the molecule is Cc1ccsc1C(Cc1cccc(Cl)c1Cl)NN. The molecule has 0 amide bonds. The smallest absolute Gasteiger partial charge is 0.0625 e. The molecule has 1 heterocycles. The van der Waals surface area contributed by atoms with E-state index < -0.39 is 0 Å². The summed E-state index contributed by atoms with van der Waals surface area (Å²) in [6.45, 7) is 2.08. The van der Waals surface area contributed by atoms with Crippen molar-refractivity contribution >= 4 is 34.5 Å². The van der Waals surface area contributed by atoms with Crippen molar-refractivity contribution in [3.05, 3.63) is 55.7 Å². The molecule has 0 aliphatic heterocycles. The highest BCUT2D eigenvalue weighted by molar-refractivity contribution is 7.10. The van der Waals surface area contributed by atoms with E-state index in [9.17, 15) is 0 Å². The monoisotopic (exact) mass is 300 g/mol. The van der Waals surface area contributed by atoms with Gasteiger partial charge in [0.2, 0.25) is 0 Å². The quantitative estimate of drug-likeness (QED) is 0.659. The van der Waals surface area contributed by atoms with E-state index in [1.807, 2.05) is 12.1 Å². The van der Waals surface area contributed by atoms with Crippen LogP contribution in [0.25, 0.3) is 0 Å². The minimum Gasteiger partial charge on any atom is -0.271 e. The molecule has 0 aliphatic carbocycles. The third-order valence-electron chi connectivity index (χ3n) is 2.87.